The zero-order valence-electron chi connectivity index (χ0n) is 16.7. The Morgan fingerprint density at radius 2 is 2.00 bits per heavy atom. The molecule has 2 heterocycles. The van der Waals surface area contributed by atoms with E-state index in [1.807, 2.05) is 6.07 Å². The third-order valence-corrected chi connectivity index (χ3v) is 4.56. The summed E-state index contributed by atoms with van der Waals surface area (Å²) in [6, 6.07) is 11.1. The van der Waals surface area contributed by atoms with Gasteiger partial charge in [0.05, 0.1) is 11.4 Å². The van der Waals surface area contributed by atoms with Crippen molar-refractivity contribution >= 4 is 23.2 Å². The molecule has 9 heteroatoms. The number of nitrogens with one attached hydrogen (secondary N) is 1. The minimum Gasteiger partial charge on any atom is -0.489 e. The highest BCUT2D eigenvalue weighted by atomic mass is 16.5. The van der Waals surface area contributed by atoms with Crippen molar-refractivity contribution in [1.29, 1.82) is 0 Å². The van der Waals surface area contributed by atoms with Crippen molar-refractivity contribution in [3.8, 4) is 5.75 Å². The number of allylic oxidation sites excluding steroid dienone is 1. The summed E-state index contributed by atoms with van der Waals surface area (Å²) in [7, 11) is 1.62. The van der Waals surface area contributed by atoms with Gasteiger partial charge >= 0.3 is 0 Å². The van der Waals surface area contributed by atoms with Crippen molar-refractivity contribution in [2.24, 2.45) is 10.7 Å². The van der Waals surface area contributed by atoms with Gasteiger partial charge in [0.15, 0.2) is 0 Å². The lowest BCUT2D eigenvalue weighted by Crippen LogP contribution is -2.50. The minimum atomic E-state index is -0.887. The second-order valence-corrected chi connectivity index (χ2v) is 6.75. The van der Waals surface area contributed by atoms with E-state index in [4.69, 9.17) is 10.5 Å². The summed E-state index contributed by atoms with van der Waals surface area (Å²) in [5, 5.41) is 2.60. The molecule has 1 aliphatic rings. The first-order valence-corrected chi connectivity index (χ1v) is 9.31. The topological polar surface area (TPSA) is 119 Å². The Morgan fingerprint density at radius 1 is 1.27 bits per heavy atom. The predicted octanol–water partition coefficient (Wildman–Crippen LogP) is 0.649. The normalized spacial score (nSPS) is 17.1. The molecule has 3 N–H and O–H groups in total. The third kappa shape index (κ3) is 4.75. The van der Waals surface area contributed by atoms with Gasteiger partial charge in [-0.2, -0.15) is 0 Å². The van der Waals surface area contributed by atoms with E-state index in [1.165, 1.54) is 21.6 Å². The number of likely N-dealkylation sites (N-methyl/N-ethyl adjacent to an activating group) is 1. The maximum absolute atomic E-state index is 12.7. The van der Waals surface area contributed by atoms with Crippen LogP contribution in [0.5, 0.6) is 5.75 Å². The number of carbonyl (C=O) groups is 2. The summed E-state index contributed by atoms with van der Waals surface area (Å²) in [5.41, 5.74) is 6.68. The van der Waals surface area contributed by atoms with Crippen molar-refractivity contribution in [3.63, 3.8) is 0 Å². The molecule has 1 aromatic heterocycles. The molecule has 3 rings (SSSR count). The van der Waals surface area contributed by atoms with Crippen LogP contribution in [-0.2, 0) is 16.3 Å². The molecule has 156 valence electrons. The smallest absolute Gasteiger partial charge is 0.267 e. The number of fused-ring (bicyclic) bond motifs is 1. The second-order valence-electron chi connectivity index (χ2n) is 6.75. The first-order valence-electron chi connectivity index (χ1n) is 9.31. The summed E-state index contributed by atoms with van der Waals surface area (Å²) in [4.78, 5) is 42.5. The van der Waals surface area contributed by atoms with Gasteiger partial charge in [-0.25, -0.2) is 0 Å². The lowest BCUT2D eigenvalue weighted by molar-refractivity contribution is -0.126. The maximum Gasteiger partial charge on any atom is 0.267 e. The number of hydrogen-bond acceptors (Lipinski definition) is 6. The number of amides is 2. The number of para-hydroxylation sites is 2. The van der Waals surface area contributed by atoms with Crippen LogP contribution in [0, 0.1) is 0 Å². The Labute approximate surface area is 173 Å². The predicted molar refractivity (Wildman–Crippen MR) is 113 cm³/mol. The largest absolute Gasteiger partial charge is 0.489 e. The molecular weight excluding hydrogens is 386 g/mol. The number of ether oxygens (including phenoxy) is 1. The maximum atomic E-state index is 12.7. The number of carbonyl (C=O) groups excluding carboxylic acids is 2. The van der Waals surface area contributed by atoms with Crippen LogP contribution in [0.4, 0.5) is 5.69 Å². The molecule has 0 saturated carbocycles. The van der Waals surface area contributed by atoms with Crippen molar-refractivity contribution < 1.29 is 14.3 Å². The fourth-order valence-electron chi connectivity index (χ4n) is 2.90. The summed E-state index contributed by atoms with van der Waals surface area (Å²) in [5.74, 6) is -0.356. The average Bonchev–Trinajstić information content (AvgIpc) is 2.85. The van der Waals surface area contributed by atoms with E-state index in [1.54, 1.807) is 50.5 Å². The molecule has 0 spiro atoms. The van der Waals surface area contributed by atoms with E-state index in [2.05, 4.69) is 10.3 Å². The van der Waals surface area contributed by atoms with Crippen LogP contribution in [0.15, 0.2) is 70.2 Å². The molecule has 0 radical (unpaired) electrons. The Morgan fingerprint density at radius 3 is 2.77 bits per heavy atom. The van der Waals surface area contributed by atoms with Crippen molar-refractivity contribution in [2.45, 2.75) is 19.6 Å². The Bertz CT molecular complexity index is 1070. The zero-order chi connectivity index (χ0) is 21.7. The van der Waals surface area contributed by atoms with Gasteiger partial charge in [0.1, 0.15) is 25.1 Å². The molecule has 1 aromatic carbocycles. The molecule has 0 fully saturated rings. The van der Waals surface area contributed by atoms with E-state index < -0.39 is 11.9 Å². The number of aliphatic imine (C=N–C) groups is 1. The number of anilines is 1. The molecule has 0 bridgehead atoms. The van der Waals surface area contributed by atoms with Crippen LogP contribution in [0.3, 0.4) is 0 Å². The lowest BCUT2D eigenvalue weighted by Gasteiger charge is -2.20. The molecule has 2 aromatic rings. The van der Waals surface area contributed by atoms with Gasteiger partial charge in [-0.3, -0.25) is 23.9 Å². The first-order chi connectivity index (χ1) is 14.4. The highest BCUT2D eigenvalue weighted by molar-refractivity contribution is 6.05. The van der Waals surface area contributed by atoms with Crippen molar-refractivity contribution in [1.82, 2.24) is 9.88 Å². The summed E-state index contributed by atoms with van der Waals surface area (Å²) in [6.45, 7) is 1.76. The van der Waals surface area contributed by atoms with Gasteiger partial charge in [0, 0.05) is 25.0 Å². The monoisotopic (exact) mass is 409 g/mol. The highest BCUT2D eigenvalue weighted by Crippen LogP contribution is 2.29. The number of nitrogens with zero attached hydrogens (tertiary/aromatic N) is 3. The van der Waals surface area contributed by atoms with Crippen LogP contribution in [0.1, 0.15) is 6.92 Å². The van der Waals surface area contributed by atoms with Gasteiger partial charge in [0.2, 0.25) is 0 Å². The molecule has 2 amide bonds. The number of nitrogens with two attached hydrogens (primary N) is 1. The molecule has 0 aliphatic carbocycles. The van der Waals surface area contributed by atoms with E-state index in [0.29, 0.717) is 17.1 Å². The van der Waals surface area contributed by atoms with E-state index in [9.17, 15) is 14.4 Å². The van der Waals surface area contributed by atoms with E-state index in [-0.39, 0.29) is 30.4 Å². The van der Waals surface area contributed by atoms with E-state index >= 15 is 0 Å². The summed E-state index contributed by atoms with van der Waals surface area (Å²) >= 11 is 0. The van der Waals surface area contributed by atoms with Gasteiger partial charge < -0.3 is 20.7 Å². The number of benzene rings is 1. The molecular formula is C21H23N5O4. The molecule has 0 saturated heterocycles. The fraction of sp³-hybridized carbons (Fsp3) is 0.238. The van der Waals surface area contributed by atoms with E-state index in [0.717, 1.165) is 0 Å². The van der Waals surface area contributed by atoms with Gasteiger partial charge in [-0.1, -0.05) is 18.2 Å². The van der Waals surface area contributed by atoms with Gasteiger partial charge in [-0.15, -0.1) is 0 Å². The molecule has 9 nitrogen and oxygen atoms in total. The highest BCUT2D eigenvalue weighted by Gasteiger charge is 2.30. The van der Waals surface area contributed by atoms with Gasteiger partial charge in [-0.05, 0) is 31.2 Å². The Hall–Kier alpha value is -3.88. The minimum absolute atomic E-state index is 0.0107. The van der Waals surface area contributed by atoms with Crippen LogP contribution >= 0.6 is 0 Å². The number of aromatic nitrogens is 1. The first kappa shape index (κ1) is 20.8. The Kier molecular flexibility index (Phi) is 6.31. The molecule has 1 aliphatic heterocycles. The summed E-state index contributed by atoms with van der Waals surface area (Å²) < 4.78 is 7.09. The average molecular weight is 409 g/mol. The number of pyridine rings is 1. The lowest BCUT2D eigenvalue weighted by atomic mass is 10.2. The van der Waals surface area contributed by atoms with Crippen molar-refractivity contribution in [2.75, 3.05) is 18.6 Å². The Balaban J connectivity index is 1.66. The third-order valence-electron chi connectivity index (χ3n) is 4.56. The quantitative estimate of drug-likeness (QED) is 0.555. The van der Waals surface area contributed by atoms with Crippen LogP contribution in [0.25, 0.3) is 0 Å². The number of rotatable bonds is 5. The second kappa shape index (κ2) is 9.08. The van der Waals surface area contributed by atoms with Crippen LogP contribution in [-0.4, -0.2) is 41.8 Å². The fourth-order valence-corrected chi connectivity index (χ4v) is 2.90. The van der Waals surface area contributed by atoms with Crippen molar-refractivity contribution in [3.05, 3.63) is 70.8 Å². The SMILES string of the molecule is CC(C=C(N)C(=O)N[C@H]1COc2ccccc2N(C)C1=O)=NCn1ccccc1=O. The molecule has 1 atom stereocenters. The van der Waals surface area contributed by atoms with Gasteiger partial charge in [0.25, 0.3) is 17.4 Å². The molecule has 0 unspecified atom stereocenters. The van der Waals surface area contributed by atoms with Crippen LogP contribution < -0.4 is 26.2 Å². The summed E-state index contributed by atoms with van der Waals surface area (Å²) in [6.07, 6.45) is 3.01. The zero-order valence-corrected chi connectivity index (χ0v) is 16.7. The number of hydrogen-bond donors (Lipinski definition) is 2. The standard InChI is InChI=1S/C21H23N5O4/c1-14(23-13-26-10-6-5-9-19(26)27)11-15(22)20(28)24-16-12-30-18-8-4-3-7-17(18)25(2)21(16)29/h3-11,16H,12-13,22H2,1-2H3,(H,24,28)/t16-/m0/s1. The molecule has 30 heavy (non-hydrogen) atoms. The van der Waals surface area contributed by atoms with Crippen LogP contribution in [0.2, 0.25) is 0 Å².